The van der Waals surface area contributed by atoms with Crippen LogP contribution in [0.2, 0.25) is 0 Å². The Bertz CT molecular complexity index is 183. The lowest BCUT2D eigenvalue weighted by molar-refractivity contribution is 0.0850. The van der Waals surface area contributed by atoms with Crippen molar-refractivity contribution in [3.8, 4) is 0 Å². The molecule has 0 aromatic carbocycles. The number of aliphatic hydroxyl groups excluding tert-OH is 1. The maximum Gasteiger partial charge on any atom is 0.0693 e. The third-order valence-corrected chi connectivity index (χ3v) is 3.87. The van der Waals surface area contributed by atoms with Crippen LogP contribution in [0, 0.1) is 5.92 Å². The fourth-order valence-corrected chi connectivity index (χ4v) is 2.97. The highest BCUT2D eigenvalue weighted by Gasteiger charge is 2.28. The van der Waals surface area contributed by atoms with E-state index in [1.165, 1.54) is 38.5 Å². The Hall–Kier alpha value is -0.0800. The van der Waals surface area contributed by atoms with E-state index in [2.05, 4.69) is 12.2 Å². The second kappa shape index (κ2) is 4.63. The molecule has 14 heavy (non-hydrogen) atoms. The van der Waals surface area contributed by atoms with Crippen LogP contribution < -0.4 is 5.32 Å². The Balaban J connectivity index is 1.78. The predicted molar refractivity (Wildman–Crippen MR) is 58.2 cm³/mol. The van der Waals surface area contributed by atoms with Crippen molar-refractivity contribution >= 4 is 0 Å². The number of hydrogen-bond acceptors (Lipinski definition) is 2. The highest BCUT2D eigenvalue weighted by Crippen LogP contribution is 2.27. The third kappa shape index (κ3) is 2.48. The summed E-state index contributed by atoms with van der Waals surface area (Å²) in [6, 6.07) is 1.07. The first-order valence-corrected chi connectivity index (χ1v) is 6.20. The van der Waals surface area contributed by atoms with Crippen molar-refractivity contribution in [2.45, 2.75) is 70.1 Å². The van der Waals surface area contributed by atoms with Crippen molar-refractivity contribution in [2.24, 2.45) is 5.92 Å². The summed E-state index contributed by atoms with van der Waals surface area (Å²) in [7, 11) is 0. The van der Waals surface area contributed by atoms with Gasteiger partial charge in [0, 0.05) is 12.1 Å². The summed E-state index contributed by atoms with van der Waals surface area (Å²) < 4.78 is 0. The van der Waals surface area contributed by atoms with Crippen LogP contribution in [0.3, 0.4) is 0 Å². The highest BCUT2D eigenvalue weighted by molar-refractivity contribution is 4.86. The van der Waals surface area contributed by atoms with Crippen LogP contribution in [0.1, 0.15) is 51.9 Å². The van der Waals surface area contributed by atoms with E-state index >= 15 is 0 Å². The van der Waals surface area contributed by atoms with Gasteiger partial charge >= 0.3 is 0 Å². The van der Waals surface area contributed by atoms with Crippen LogP contribution >= 0.6 is 0 Å². The third-order valence-electron chi connectivity index (χ3n) is 3.87. The molecule has 2 heteroatoms. The molecule has 0 saturated heterocycles. The van der Waals surface area contributed by atoms with E-state index < -0.39 is 0 Å². The van der Waals surface area contributed by atoms with Crippen LogP contribution in [0.4, 0.5) is 0 Å². The molecule has 0 aliphatic heterocycles. The zero-order valence-corrected chi connectivity index (χ0v) is 9.21. The molecule has 2 aliphatic carbocycles. The molecule has 2 fully saturated rings. The molecule has 0 heterocycles. The fraction of sp³-hybridized carbons (Fsp3) is 1.00. The SMILES string of the molecule is CC1CCC(N[C@H]2CCCC[C@H]2O)C1. The minimum Gasteiger partial charge on any atom is -0.392 e. The van der Waals surface area contributed by atoms with Crippen molar-refractivity contribution < 1.29 is 5.11 Å². The van der Waals surface area contributed by atoms with Crippen molar-refractivity contribution in [3.05, 3.63) is 0 Å². The fourth-order valence-electron chi connectivity index (χ4n) is 2.97. The minimum absolute atomic E-state index is 0.0837. The molecule has 4 atom stereocenters. The highest BCUT2D eigenvalue weighted by atomic mass is 16.3. The number of aliphatic hydroxyl groups is 1. The van der Waals surface area contributed by atoms with Crippen LogP contribution in [-0.4, -0.2) is 23.3 Å². The Kier molecular flexibility index (Phi) is 3.45. The summed E-state index contributed by atoms with van der Waals surface area (Å²) in [6.45, 7) is 2.33. The van der Waals surface area contributed by atoms with Gasteiger partial charge in [0.25, 0.3) is 0 Å². The second-order valence-electron chi connectivity index (χ2n) is 5.24. The van der Waals surface area contributed by atoms with Crippen LogP contribution in [0.5, 0.6) is 0 Å². The van der Waals surface area contributed by atoms with E-state index in [-0.39, 0.29) is 6.10 Å². The Morgan fingerprint density at radius 1 is 1.07 bits per heavy atom. The summed E-state index contributed by atoms with van der Waals surface area (Å²) in [5, 5.41) is 13.5. The van der Waals surface area contributed by atoms with Gasteiger partial charge in [-0.25, -0.2) is 0 Å². The van der Waals surface area contributed by atoms with E-state index in [4.69, 9.17) is 0 Å². The first-order valence-electron chi connectivity index (χ1n) is 6.20. The quantitative estimate of drug-likeness (QED) is 0.710. The van der Waals surface area contributed by atoms with E-state index in [1.54, 1.807) is 0 Å². The second-order valence-corrected chi connectivity index (χ2v) is 5.24. The van der Waals surface area contributed by atoms with Gasteiger partial charge in [0.2, 0.25) is 0 Å². The Morgan fingerprint density at radius 3 is 2.50 bits per heavy atom. The molecule has 82 valence electrons. The van der Waals surface area contributed by atoms with E-state index in [1.807, 2.05) is 0 Å². The molecule has 0 spiro atoms. The first kappa shape index (κ1) is 10.4. The molecular weight excluding hydrogens is 174 g/mol. The lowest BCUT2D eigenvalue weighted by atomic mass is 9.92. The van der Waals surface area contributed by atoms with Gasteiger partial charge < -0.3 is 10.4 Å². The first-order chi connectivity index (χ1) is 6.75. The van der Waals surface area contributed by atoms with E-state index in [0.717, 1.165) is 12.3 Å². The van der Waals surface area contributed by atoms with Crippen molar-refractivity contribution in [2.75, 3.05) is 0 Å². The van der Waals surface area contributed by atoms with Crippen molar-refractivity contribution in [3.63, 3.8) is 0 Å². The molecule has 2 aliphatic rings. The van der Waals surface area contributed by atoms with Gasteiger partial charge in [0.05, 0.1) is 6.10 Å². The van der Waals surface area contributed by atoms with Crippen molar-refractivity contribution in [1.82, 2.24) is 5.32 Å². The van der Waals surface area contributed by atoms with E-state index in [0.29, 0.717) is 12.1 Å². The summed E-state index contributed by atoms with van der Waals surface area (Å²) >= 11 is 0. The molecule has 0 aromatic heterocycles. The zero-order chi connectivity index (χ0) is 9.97. The van der Waals surface area contributed by atoms with Gasteiger partial charge in [-0.2, -0.15) is 0 Å². The summed E-state index contributed by atoms with van der Waals surface area (Å²) in [4.78, 5) is 0. The Labute approximate surface area is 87.1 Å². The number of nitrogens with one attached hydrogen (secondary N) is 1. The molecule has 0 amide bonds. The molecule has 2 unspecified atom stereocenters. The number of hydrogen-bond donors (Lipinski definition) is 2. The topological polar surface area (TPSA) is 32.3 Å². The maximum absolute atomic E-state index is 9.83. The monoisotopic (exact) mass is 197 g/mol. The lowest BCUT2D eigenvalue weighted by Crippen LogP contribution is -2.46. The predicted octanol–water partition coefficient (Wildman–Crippen LogP) is 2.07. The van der Waals surface area contributed by atoms with Gasteiger partial charge in [-0.1, -0.05) is 19.8 Å². The average molecular weight is 197 g/mol. The van der Waals surface area contributed by atoms with Gasteiger partial charge in [-0.3, -0.25) is 0 Å². The summed E-state index contributed by atoms with van der Waals surface area (Å²) in [5.74, 6) is 0.883. The summed E-state index contributed by atoms with van der Waals surface area (Å²) in [5.41, 5.74) is 0. The lowest BCUT2D eigenvalue weighted by Gasteiger charge is -2.31. The molecular formula is C12H23NO. The largest absolute Gasteiger partial charge is 0.392 e. The zero-order valence-electron chi connectivity index (χ0n) is 9.21. The molecule has 2 rings (SSSR count). The Morgan fingerprint density at radius 2 is 1.86 bits per heavy atom. The van der Waals surface area contributed by atoms with Crippen LogP contribution in [0.15, 0.2) is 0 Å². The molecule has 2 N–H and O–H groups in total. The van der Waals surface area contributed by atoms with Gasteiger partial charge in [0.15, 0.2) is 0 Å². The minimum atomic E-state index is -0.0837. The van der Waals surface area contributed by atoms with E-state index in [9.17, 15) is 5.11 Å². The molecule has 2 saturated carbocycles. The van der Waals surface area contributed by atoms with Gasteiger partial charge in [-0.15, -0.1) is 0 Å². The normalized spacial score (nSPS) is 44.1. The van der Waals surface area contributed by atoms with Gasteiger partial charge in [0.1, 0.15) is 0 Å². The average Bonchev–Trinajstić information content (AvgIpc) is 2.56. The van der Waals surface area contributed by atoms with Crippen LogP contribution in [-0.2, 0) is 0 Å². The molecule has 0 bridgehead atoms. The molecule has 0 aromatic rings. The molecule has 2 nitrogen and oxygen atoms in total. The summed E-state index contributed by atoms with van der Waals surface area (Å²) in [6.07, 6.45) is 8.57. The van der Waals surface area contributed by atoms with Crippen molar-refractivity contribution in [1.29, 1.82) is 0 Å². The van der Waals surface area contributed by atoms with Gasteiger partial charge in [-0.05, 0) is 38.0 Å². The standard InChI is InChI=1S/C12H23NO/c1-9-6-7-10(8-9)13-11-4-2-3-5-12(11)14/h9-14H,2-8H2,1H3/t9?,10?,11-,12+/m0/s1. The number of rotatable bonds is 2. The smallest absolute Gasteiger partial charge is 0.0693 e. The van der Waals surface area contributed by atoms with Crippen LogP contribution in [0.25, 0.3) is 0 Å². The maximum atomic E-state index is 9.83. The molecule has 0 radical (unpaired) electrons.